The number of nitrogens with one attached hydrogen (secondary N) is 3. The summed E-state index contributed by atoms with van der Waals surface area (Å²) >= 11 is 0. The average molecular weight is 409 g/mol. The highest BCUT2D eigenvalue weighted by Gasteiger charge is 2.24. The third-order valence-electron chi connectivity index (χ3n) is 3.78. The van der Waals surface area contributed by atoms with Crippen LogP contribution >= 0.6 is 0 Å². The molecule has 8 heteroatoms. The van der Waals surface area contributed by atoms with Crippen molar-refractivity contribution in [1.82, 2.24) is 16.0 Å². The molecule has 0 aromatic heterocycles. The summed E-state index contributed by atoms with van der Waals surface area (Å²) in [6.45, 7) is 12.9. The first-order chi connectivity index (χ1) is 13.5. The van der Waals surface area contributed by atoms with Crippen LogP contribution in [0.5, 0.6) is 11.5 Å². The van der Waals surface area contributed by atoms with E-state index in [1.165, 1.54) is 0 Å². The lowest BCUT2D eigenvalue weighted by Gasteiger charge is -2.29. The molecule has 0 bridgehead atoms. The van der Waals surface area contributed by atoms with Crippen LogP contribution in [-0.4, -0.2) is 50.5 Å². The second-order valence-electron chi connectivity index (χ2n) is 8.24. The Morgan fingerprint density at radius 1 is 1.07 bits per heavy atom. The first-order valence-electron chi connectivity index (χ1n) is 9.74. The van der Waals surface area contributed by atoms with Gasteiger partial charge in [-0.1, -0.05) is 0 Å². The zero-order chi connectivity index (χ0) is 22.1. The minimum Gasteiger partial charge on any atom is -0.497 e. The van der Waals surface area contributed by atoms with Crippen LogP contribution in [0.2, 0.25) is 0 Å². The largest absolute Gasteiger partial charge is 0.497 e. The molecule has 0 aliphatic carbocycles. The first kappa shape index (κ1) is 24.4. The van der Waals surface area contributed by atoms with Gasteiger partial charge in [-0.3, -0.25) is 0 Å². The maximum atomic E-state index is 12.0. The topological polar surface area (TPSA) is 93.2 Å². The van der Waals surface area contributed by atoms with Gasteiger partial charge in [-0.2, -0.15) is 0 Å². The number of benzene rings is 1. The van der Waals surface area contributed by atoms with Gasteiger partial charge in [0.25, 0.3) is 0 Å². The van der Waals surface area contributed by atoms with Gasteiger partial charge in [0.2, 0.25) is 0 Å². The van der Waals surface area contributed by atoms with Gasteiger partial charge in [0.15, 0.2) is 5.96 Å². The molecule has 0 aliphatic heterocycles. The monoisotopic (exact) mass is 408 g/mol. The van der Waals surface area contributed by atoms with Gasteiger partial charge in [0.1, 0.15) is 17.1 Å². The van der Waals surface area contributed by atoms with Gasteiger partial charge in [-0.25, -0.2) is 9.79 Å². The van der Waals surface area contributed by atoms with E-state index in [1.807, 2.05) is 59.7 Å². The number of nitrogens with zero attached hydrogens (tertiary/aromatic N) is 1. The second kappa shape index (κ2) is 10.8. The molecule has 3 N–H and O–H groups in total. The molecule has 0 fully saturated rings. The Hall–Kier alpha value is -2.64. The quantitative estimate of drug-likeness (QED) is 0.452. The summed E-state index contributed by atoms with van der Waals surface area (Å²) < 4.78 is 16.0. The number of amides is 1. The van der Waals surface area contributed by atoms with Crippen molar-refractivity contribution in [2.45, 2.75) is 59.2 Å². The number of hydrogen-bond acceptors (Lipinski definition) is 5. The minimum atomic E-state index is -0.540. The van der Waals surface area contributed by atoms with Crippen molar-refractivity contribution in [3.63, 3.8) is 0 Å². The number of ether oxygens (including phenoxy) is 3. The molecular formula is C21H36N4O4. The number of rotatable bonds is 8. The van der Waals surface area contributed by atoms with Crippen molar-refractivity contribution in [2.24, 2.45) is 4.99 Å². The van der Waals surface area contributed by atoms with E-state index in [-0.39, 0.29) is 0 Å². The molecule has 0 saturated heterocycles. The van der Waals surface area contributed by atoms with Crippen molar-refractivity contribution in [1.29, 1.82) is 0 Å². The van der Waals surface area contributed by atoms with Gasteiger partial charge < -0.3 is 30.2 Å². The highest BCUT2D eigenvalue weighted by Crippen LogP contribution is 2.25. The standard InChI is InChI=1S/C21H36N4O4/c1-9-22-18(23-13-15-10-11-16(27-7)12-17(15)28-8)24-14-21(5,6)25-19(26)29-20(2,3)4/h10-12H,9,13-14H2,1-8H3,(H,25,26)(H2,22,23,24). The number of carbonyl (C=O) groups excluding carboxylic acids is 1. The molecular weight excluding hydrogens is 372 g/mol. The Balaban J connectivity index is 2.76. The van der Waals surface area contributed by atoms with Crippen molar-refractivity contribution in [3.05, 3.63) is 23.8 Å². The van der Waals surface area contributed by atoms with E-state index in [0.717, 1.165) is 17.1 Å². The van der Waals surface area contributed by atoms with E-state index in [1.54, 1.807) is 14.2 Å². The van der Waals surface area contributed by atoms with Gasteiger partial charge in [0.05, 0.1) is 26.3 Å². The molecule has 164 valence electrons. The number of alkyl carbamates (subject to hydrolysis) is 1. The predicted molar refractivity (Wildman–Crippen MR) is 116 cm³/mol. The number of carbonyl (C=O) groups is 1. The maximum absolute atomic E-state index is 12.0. The number of guanidine groups is 1. The lowest BCUT2D eigenvalue weighted by molar-refractivity contribution is 0.0474. The lowest BCUT2D eigenvalue weighted by atomic mass is 10.1. The second-order valence-corrected chi connectivity index (χ2v) is 8.24. The van der Waals surface area contributed by atoms with Crippen LogP contribution in [0.15, 0.2) is 23.2 Å². The van der Waals surface area contributed by atoms with Gasteiger partial charge in [-0.05, 0) is 53.7 Å². The van der Waals surface area contributed by atoms with E-state index in [4.69, 9.17) is 14.2 Å². The molecule has 0 radical (unpaired) electrons. The zero-order valence-electron chi connectivity index (χ0n) is 18.9. The summed E-state index contributed by atoms with van der Waals surface area (Å²) in [7, 11) is 3.24. The zero-order valence-corrected chi connectivity index (χ0v) is 18.9. The van der Waals surface area contributed by atoms with E-state index in [0.29, 0.717) is 25.6 Å². The van der Waals surface area contributed by atoms with Crippen LogP contribution in [0.4, 0.5) is 4.79 Å². The predicted octanol–water partition coefficient (Wildman–Crippen LogP) is 3.06. The fourth-order valence-corrected chi connectivity index (χ4v) is 2.42. The molecule has 1 aromatic carbocycles. The summed E-state index contributed by atoms with van der Waals surface area (Å²) in [5.74, 6) is 2.09. The number of hydrogen-bond donors (Lipinski definition) is 3. The average Bonchev–Trinajstić information content (AvgIpc) is 2.61. The van der Waals surface area contributed by atoms with Crippen molar-refractivity contribution >= 4 is 12.1 Å². The fraction of sp³-hybridized carbons (Fsp3) is 0.619. The summed E-state index contributed by atoms with van der Waals surface area (Å²) in [6.07, 6.45) is -0.450. The SMILES string of the molecule is CCNC(=NCc1ccc(OC)cc1OC)NCC(C)(C)NC(=O)OC(C)(C)C. The summed E-state index contributed by atoms with van der Waals surface area (Å²) in [4.78, 5) is 16.7. The van der Waals surface area contributed by atoms with Crippen LogP contribution in [0.1, 0.15) is 47.1 Å². The summed E-state index contributed by atoms with van der Waals surface area (Å²) in [5.41, 5.74) is -0.130. The van der Waals surface area contributed by atoms with Crippen LogP contribution in [0.3, 0.4) is 0 Å². The minimum absolute atomic E-state index is 0.433. The van der Waals surface area contributed by atoms with Crippen LogP contribution in [0.25, 0.3) is 0 Å². The van der Waals surface area contributed by atoms with Gasteiger partial charge in [-0.15, -0.1) is 0 Å². The van der Waals surface area contributed by atoms with Gasteiger partial charge in [0, 0.05) is 24.7 Å². The molecule has 0 spiro atoms. The molecule has 1 aromatic rings. The molecule has 0 aliphatic rings. The molecule has 0 saturated carbocycles. The molecule has 1 amide bonds. The van der Waals surface area contributed by atoms with Crippen LogP contribution in [-0.2, 0) is 11.3 Å². The molecule has 29 heavy (non-hydrogen) atoms. The Labute approximate surface area is 174 Å². The van der Waals surface area contributed by atoms with Crippen LogP contribution in [0, 0.1) is 0 Å². The first-order valence-corrected chi connectivity index (χ1v) is 9.74. The van der Waals surface area contributed by atoms with E-state index in [2.05, 4.69) is 20.9 Å². The lowest BCUT2D eigenvalue weighted by Crippen LogP contribution is -2.54. The Bertz CT molecular complexity index is 696. The van der Waals surface area contributed by atoms with E-state index >= 15 is 0 Å². The smallest absolute Gasteiger partial charge is 0.408 e. The maximum Gasteiger partial charge on any atom is 0.408 e. The Morgan fingerprint density at radius 3 is 2.31 bits per heavy atom. The molecule has 0 unspecified atom stereocenters. The fourth-order valence-electron chi connectivity index (χ4n) is 2.42. The highest BCUT2D eigenvalue weighted by molar-refractivity contribution is 5.80. The highest BCUT2D eigenvalue weighted by atomic mass is 16.6. The third-order valence-corrected chi connectivity index (χ3v) is 3.78. The normalized spacial score (nSPS) is 12.2. The molecule has 0 heterocycles. The van der Waals surface area contributed by atoms with E-state index in [9.17, 15) is 4.79 Å². The Kier molecular flexibility index (Phi) is 9.07. The number of methoxy groups -OCH3 is 2. The van der Waals surface area contributed by atoms with Crippen molar-refractivity contribution in [3.8, 4) is 11.5 Å². The molecule has 0 atom stereocenters. The molecule has 1 rings (SSSR count). The third kappa shape index (κ3) is 9.40. The summed E-state index contributed by atoms with van der Waals surface area (Å²) in [5, 5.41) is 9.34. The Morgan fingerprint density at radius 2 is 1.76 bits per heavy atom. The number of aliphatic imine (C=N–C) groups is 1. The van der Waals surface area contributed by atoms with Crippen molar-refractivity contribution < 1.29 is 19.0 Å². The molecule has 8 nitrogen and oxygen atoms in total. The van der Waals surface area contributed by atoms with E-state index < -0.39 is 17.2 Å². The summed E-state index contributed by atoms with van der Waals surface area (Å²) in [6, 6.07) is 5.64. The van der Waals surface area contributed by atoms with Gasteiger partial charge >= 0.3 is 6.09 Å². The van der Waals surface area contributed by atoms with Crippen LogP contribution < -0.4 is 25.4 Å². The van der Waals surface area contributed by atoms with Crippen molar-refractivity contribution in [2.75, 3.05) is 27.3 Å².